The molecule has 0 bridgehead atoms. The normalized spacial score (nSPS) is 23.0. The van der Waals surface area contributed by atoms with Crippen LogP contribution >= 0.6 is 0 Å². The van der Waals surface area contributed by atoms with E-state index in [4.69, 9.17) is 0 Å². The van der Waals surface area contributed by atoms with Crippen LogP contribution < -0.4 is 10.1 Å². The number of halogens is 3. The molecule has 2 N–H and O–H groups in total. The average Bonchev–Trinajstić information content (AvgIpc) is 2.83. The number of aliphatic hydroxyl groups is 1. The Bertz CT molecular complexity index is 437. The predicted octanol–water partition coefficient (Wildman–Crippen LogP) is 2.84. The summed E-state index contributed by atoms with van der Waals surface area (Å²) in [6.45, 7) is 0.409. The van der Waals surface area contributed by atoms with Gasteiger partial charge in [0.15, 0.2) is 0 Å². The van der Waals surface area contributed by atoms with Gasteiger partial charge in [-0.2, -0.15) is 0 Å². The van der Waals surface area contributed by atoms with Crippen molar-refractivity contribution >= 4 is 0 Å². The van der Waals surface area contributed by atoms with Crippen LogP contribution in [0.2, 0.25) is 0 Å². The number of rotatable bonds is 5. The summed E-state index contributed by atoms with van der Waals surface area (Å²) in [5.41, 5.74) is 0.466. The summed E-state index contributed by atoms with van der Waals surface area (Å²) in [5, 5.41) is 12.4. The van der Waals surface area contributed by atoms with Gasteiger partial charge in [0.25, 0.3) is 0 Å². The molecule has 0 saturated heterocycles. The standard InChI is InChI=1S/C14H18F3NO2/c15-14(16,17)20-13-7-2-1-4-10(13)8-18-12-6-3-5-11(12)9-19/h1-2,4,7,11-12,18-19H,3,5-6,8-9H2. The first-order chi connectivity index (χ1) is 9.49. The molecule has 6 heteroatoms. The van der Waals surface area contributed by atoms with Crippen LogP contribution in [0.25, 0.3) is 0 Å². The molecule has 0 amide bonds. The number of alkyl halides is 3. The number of nitrogens with one attached hydrogen (secondary N) is 1. The molecule has 0 spiro atoms. The van der Waals surface area contributed by atoms with E-state index in [2.05, 4.69) is 10.1 Å². The Morgan fingerprint density at radius 3 is 2.70 bits per heavy atom. The lowest BCUT2D eigenvalue weighted by Gasteiger charge is -2.20. The van der Waals surface area contributed by atoms with Crippen LogP contribution in [0.4, 0.5) is 13.2 Å². The monoisotopic (exact) mass is 289 g/mol. The molecular formula is C14H18F3NO2. The largest absolute Gasteiger partial charge is 0.573 e. The zero-order valence-electron chi connectivity index (χ0n) is 11.0. The molecule has 2 unspecified atom stereocenters. The number of benzene rings is 1. The highest BCUT2D eigenvalue weighted by atomic mass is 19.4. The maximum absolute atomic E-state index is 12.3. The van der Waals surface area contributed by atoms with Gasteiger partial charge in [0.1, 0.15) is 5.75 Å². The molecule has 0 aliphatic heterocycles. The molecule has 0 aromatic heterocycles. The molecule has 1 aliphatic rings. The van der Waals surface area contributed by atoms with Crippen molar-refractivity contribution in [2.24, 2.45) is 5.92 Å². The van der Waals surface area contributed by atoms with Crippen molar-refractivity contribution in [2.45, 2.75) is 38.2 Å². The predicted molar refractivity (Wildman–Crippen MR) is 68.2 cm³/mol. The van der Waals surface area contributed by atoms with Crippen molar-refractivity contribution in [3.05, 3.63) is 29.8 Å². The summed E-state index contributed by atoms with van der Waals surface area (Å²) in [7, 11) is 0. The van der Waals surface area contributed by atoms with Crippen molar-refractivity contribution in [3.63, 3.8) is 0 Å². The highest BCUT2D eigenvalue weighted by molar-refractivity contribution is 5.33. The number of hydrogen-bond acceptors (Lipinski definition) is 3. The van der Waals surface area contributed by atoms with E-state index in [0.29, 0.717) is 12.1 Å². The van der Waals surface area contributed by atoms with Crippen LogP contribution in [0, 0.1) is 5.92 Å². The molecule has 2 atom stereocenters. The molecule has 20 heavy (non-hydrogen) atoms. The van der Waals surface area contributed by atoms with Gasteiger partial charge in [-0.1, -0.05) is 24.6 Å². The van der Waals surface area contributed by atoms with Crippen LogP contribution in [-0.4, -0.2) is 24.1 Å². The maximum Gasteiger partial charge on any atom is 0.573 e. The molecule has 3 nitrogen and oxygen atoms in total. The Hall–Kier alpha value is -1.27. The zero-order valence-corrected chi connectivity index (χ0v) is 11.0. The Labute approximate surface area is 115 Å². The van der Waals surface area contributed by atoms with Gasteiger partial charge >= 0.3 is 6.36 Å². The molecule has 112 valence electrons. The van der Waals surface area contributed by atoms with Crippen molar-refractivity contribution in [1.82, 2.24) is 5.32 Å². The number of ether oxygens (including phenoxy) is 1. The van der Waals surface area contributed by atoms with Gasteiger partial charge in [-0.25, -0.2) is 0 Å². The average molecular weight is 289 g/mol. The van der Waals surface area contributed by atoms with Gasteiger partial charge in [-0.05, 0) is 24.8 Å². The quantitative estimate of drug-likeness (QED) is 0.876. The van der Waals surface area contributed by atoms with Gasteiger partial charge in [0.2, 0.25) is 0 Å². The maximum atomic E-state index is 12.3. The molecule has 0 heterocycles. The Morgan fingerprint density at radius 1 is 1.25 bits per heavy atom. The van der Waals surface area contributed by atoms with Crippen LogP contribution in [0.5, 0.6) is 5.75 Å². The van der Waals surface area contributed by atoms with E-state index in [9.17, 15) is 18.3 Å². The van der Waals surface area contributed by atoms with E-state index in [-0.39, 0.29) is 24.3 Å². The molecule has 1 fully saturated rings. The summed E-state index contributed by atoms with van der Waals surface area (Å²) < 4.78 is 40.9. The molecule has 1 saturated carbocycles. The van der Waals surface area contributed by atoms with E-state index in [0.717, 1.165) is 19.3 Å². The van der Waals surface area contributed by atoms with E-state index in [1.807, 2.05) is 0 Å². The number of para-hydroxylation sites is 1. The molecule has 0 radical (unpaired) electrons. The lowest BCUT2D eigenvalue weighted by Crippen LogP contribution is -2.33. The van der Waals surface area contributed by atoms with Crippen molar-refractivity contribution < 1.29 is 23.0 Å². The zero-order chi connectivity index (χ0) is 14.6. The third kappa shape index (κ3) is 4.11. The SMILES string of the molecule is OCC1CCCC1NCc1ccccc1OC(F)(F)F. The first-order valence-corrected chi connectivity index (χ1v) is 6.67. The Morgan fingerprint density at radius 2 is 2.00 bits per heavy atom. The van der Waals surface area contributed by atoms with Crippen molar-refractivity contribution in [1.29, 1.82) is 0 Å². The highest BCUT2D eigenvalue weighted by Gasteiger charge is 2.32. The minimum atomic E-state index is -4.68. The third-order valence-electron chi connectivity index (χ3n) is 3.65. The van der Waals surface area contributed by atoms with Crippen LogP contribution in [0.1, 0.15) is 24.8 Å². The van der Waals surface area contributed by atoms with Gasteiger partial charge < -0.3 is 15.2 Å². The summed E-state index contributed by atoms with van der Waals surface area (Å²) in [5.74, 6) is 0.0109. The summed E-state index contributed by atoms with van der Waals surface area (Å²) >= 11 is 0. The number of aliphatic hydroxyl groups excluding tert-OH is 1. The van der Waals surface area contributed by atoms with Crippen LogP contribution in [-0.2, 0) is 6.54 Å². The fourth-order valence-corrected chi connectivity index (χ4v) is 2.64. The summed E-state index contributed by atoms with van der Waals surface area (Å²) in [6, 6.07) is 6.26. The topological polar surface area (TPSA) is 41.5 Å². The lowest BCUT2D eigenvalue weighted by atomic mass is 10.0. The van der Waals surface area contributed by atoms with E-state index in [1.165, 1.54) is 12.1 Å². The highest BCUT2D eigenvalue weighted by Crippen LogP contribution is 2.28. The minimum Gasteiger partial charge on any atom is -0.405 e. The summed E-state index contributed by atoms with van der Waals surface area (Å²) in [6.07, 6.45) is -1.76. The molecule has 2 rings (SSSR count). The van der Waals surface area contributed by atoms with E-state index in [1.54, 1.807) is 12.1 Å². The molecule has 1 aromatic carbocycles. The first-order valence-electron chi connectivity index (χ1n) is 6.67. The van der Waals surface area contributed by atoms with Gasteiger partial charge in [0, 0.05) is 24.8 Å². The van der Waals surface area contributed by atoms with E-state index >= 15 is 0 Å². The molecule has 1 aromatic rings. The van der Waals surface area contributed by atoms with Crippen molar-refractivity contribution in [2.75, 3.05) is 6.61 Å². The first kappa shape index (κ1) is 15.1. The lowest BCUT2D eigenvalue weighted by molar-refractivity contribution is -0.274. The van der Waals surface area contributed by atoms with Crippen molar-refractivity contribution in [3.8, 4) is 5.75 Å². The van der Waals surface area contributed by atoms with Crippen LogP contribution in [0.15, 0.2) is 24.3 Å². The van der Waals surface area contributed by atoms with Gasteiger partial charge in [0.05, 0.1) is 0 Å². The second kappa shape index (κ2) is 6.45. The minimum absolute atomic E-state index is 0.109. The number of hydrogen-bond donors (Lipinski definition) is 2. The molecular weight excluding hydrogens is 271 g/mol. The van der Waals surface area contributed by atoms with Crippen LogP contribution in [0.3, 0.4) is 0 Å². The molecule has 1 aliphatic carbocycles. The fourth-order valence-electron chi connectivity index (χ4n) is 2.64. The van der Waals surface area contributed by atoms with E-state index < -0.39 is 6.36 Å². The Kier molecular flexibility index (Phi) is 4.88. The summed E-state index contributed by atoms with van der Waals surface area (Å²) in [4.78, 5) is 0. The second-order valence-corrected chi connectivity index (χ2v) is 5.02. The smallest absolute Gasteiger partial charge is 0.405 e. The van der Waals surface area contributed by atoms with Gasteiger partial charge in [-0.3, -0.25) is 0 Å². The second-order valence-electron chi connectivity index (χ2n) is 5.02. The third-order valence-corrected chi connectivity index (χ3v) is 3.65. The van der Waals surface area contributed by atoms with Gasteiger partial charge in [-0.15, -0.1) is 13.2 Å². The fraction of sp³-hybridized carbons (Fsp3) is 0.571. The Balaban J connectivity index is 1.99.